The van der Waals surface area contributed by atoms with Gasteiger partial charge in [-0.15, -0.1) is 0 Å². The van der Waals surface area contributed by atoms with E-state index >= 15 is 0 Å². The lowest BCUT2D eigenvalue weighted by Gasteiger charge is -2.11. The molecule has 2 atom stereocenters. The van der Waals surface area contributed by atoms with Crippen molar-refractivity contribution in [1.29, 1.82) is 0 Å². The Hall–Kier alpha value is -1.84. The molecule has 1 amide bonds. The van der Waals surface area contributed by atoms with Crippen LogP contribution in [0.5, 0.6) is 5.75 Å². The average Bonchev–Trinajstić information content (AvgIpc) is 2.49. The van der Waals surface area contributed by atoms with Crippen LogP contribution >= 0.6 is 0 Å². The lowest BCUT2D eigenvalue weighted by molar-refractivity contribution is 0.0954. The fourth-order valence-corrected chi connectivity index (χ4v) is 1.87. The van der Waals surface area contributed by atoms with Gasteiger partial charge in [0.25, 0.3) is 5.91 Å². The zero-order chi connectivity index (χ0) is 15.8. The van der Waals surface area contributed by atoms with Gasteiger partial charge in [-0.25, -0.2) is 0 Å². The normalized spacial score (nSPS) is 12.8. The van der Waals surface area contributed by atoms with Crippen LogP contribution in [-0.4, -0.2) is 41.8 Å². The minimum atomic E-state index is -0.968. The van der Waals surface area contributed by atoms with Gasteiger partial charge in [0.05, 0.1) is 19.2 Å². The van der Waals surface area contributed by atoms with E-state index in [9.17, 15) is 9.00 Å². The van der Waals surface area contributed by atoms with Crippen molar-refractivity contribution in [2.45, 2.75) is 12.2 Å². The van der Waals surface area contributed by atoms with Crippen molar-refractivity contribution < 1.29 is 13.7 Å². The van der Waals surface area contributed by atoms with Crippen molar-refractivity contribution in [1.82, 2.24) is 5.32 Å². The van der Waals surface area contributed by atoms with E-state index in [1.807, 2.05) is 6.92 Å². The SMILES string of the molecule is COc1ccc(C(=O)NCC(C)S(C)=O)cc1C#CCN. The maximum Gasteiger partial charge on any atom is 0.251 e. The highest BCUT2D eigenvalue weighted by atomic mass is 32.2. The van der Waals surface area contributed by atoms with E-state index in [4.69, 9.17) is 10.5 Å². The average molecular weight is 308 g/mol. The van der Waals surface area contributed by atoms with E-state index in [0.29, 0.717) is 23.4 Å². The number of ether oxygens (including phenoxy) is 1. The van der Waals surface area contributed by atoms with Crippen LogP contribution < -0.4 is 15.8 Å². The Morgan fingerprint density at radius 1 is 1.52 bits per heavy atom. The number of methoxy groups -OCH3 is 1. The molecule has 0 bridgehead atoms. The summed E-state index contributed by atoms with van der Waals surface area (Å²) in [6.45, 7) is 2.42. The third-order valence-corrected chi connectivity index (χ3v) is 4.20. The molecule has 0 aliphatic rings. The molecule has 1 rings (SSSR count). The van der Waals surface area contributed by atoms with Crippen LogP contribution in [0.3, 0.4) is 0 Å². The van der Waals surface area contributed by atoms with Gasteiger partial charge >= 0.3 is 0 Å². The summed E-state index contributed by atoms with van der Waals surface area (Å²) in [6.07, 6.45) is 1.62. The standard InChI is InChI=1S/C15H20N2O3S/c1-11(21(3)19)10-17-15(18)13-6-7-14(20-2)12(9-13)5-4-8-16/h6-7,9,11H,8,10,16H2,1-3H3,(H,17,18). The van der Waals surface area contributed by atoms with E-state index in [0.717, 1.165) is 0 Å². The number of hydrogen-bond donors (Lipinski definition) is 2. The van der Waals surface area contributed by atoms with Gasteiger partial charge in [-0.05, 0) is 25.1 Å². The largest absolute Gasteiger partial charge is 0.495 e. The van der Waals surface area contributed by atoms with Gasteiger partial charge in [0, 0.05) is 34.4 Å². The molecule has 0 aliphatic carbocycles. The van der Waals surface area contributed by atoms with E-state index in [1.54, 1.807) is 31.6 Å². The summed E-state index contributed by atoms with van der Waals surface area (Å²) in [4.78, 5) is 12.1. The molecule has 6 heteroatoms. The molecule has 3 N–H and O–H groups in total. The molecule has 0 radical (unpaired) electrons. The third kappa shape index (κ3) is 5.21. The first-order valence-corrected chi connectivity index (χ1v) is 8.09. The Labute approximate surface area is 127 Å². The minimum Gasteiger partial charge on any atom is -0.495 e. The number of benzene rings is 1. The molecule has 114 valence electrons. The summed E-state index contributed by atoms with van der Waals surface area (Å²) in [7, 11) is 0.575. The molecule has 0 saturated heterocycles. The Morgan fingerprint density at radius 3 is 2.81 bits per heavy atom. The van der Waals surface area contributed by atoms with Crippen molar-refractivity contribution in [3.63, 3.8) is 0 Å². The molecule has 5 nitrogen and oxygen atoms in total. The fourth-order valence-electron chi connectivity index (χ4n) is 1.55. The zero-order valence-corrected chi connectivity index (χ0v) is 13.3. The summed E-state index contributed by atoms with van der Waals surface area (Å²) in [6, 6.07) is 5.01. The van der Waals surface area contributed by atoms with Gasteiger partial charge in [-0.3, -0.25) is 9.00 Å². The van der Waals surface area contributed by atoms with Crippen molar-refractivity contribution in [2.75, 3.05) is 26.5 Å². The highest BCUT2D eigenvalue weighted by Gasteiger charge is 2.12. The Morgan fingerprint density at radius 2 is 2.24 bits per heavy atom. The summed E-state index contributed by atoms with van der Waals surface area (Å²) in [5.74, 6) is 5.97. The molecule has 0 heterocycles. The van der Waals surface area contributed by atoms with Crippen molar-refractivity contribution in [2.24, 2.45) is 5.73 Å². The van der Waals surface area contributed by atoms with E-state index in [1.165, 1.54) is 0 Å². The third-order valence-electron chi connectivity index (χ3n) is 2.90. The summed E-state index contributed by atoms with van der Waals surface area (Å²) in [5, 5.41) is 2.66. The Balaban J connectivity index is 2.88. The lowest BCUT2D eigenvalue weighted by atomic mass is 10.1. The fraction of sp³-hybridized carbons (Fsp3) is 0.400. The van der Waals surface area contributed by atoms with Crippen LogP contribution in [0.1, 0.15) is 22.8 Å². The van der Waals surface area contributed by atoms with Gasteiger partial charge in [0.2, 0.25) is 0 Å². The number of carbonyl (C=O) groups excluding carboxylic acids is 1. The molecule has 21 heavy (non-hydrogen) atoms. The molecule has 1 aromatic rings. The van der Waals surface area contributed by atoms with Crippen LogP contribution in [0.15, 0.2) is 18.2 Å². The maximum atomic E-state index is 12.1. The van der Waals surface area contributed by atoms with Crippen LogP contribution in [0.25, 0.3) is 0 Å². The van der Waals surface area contributed by atoms with Crippen molar-refractivity contribution in [3.8, 4) is 17.6 Å². The molecule has 0 spiro atoms. The molecule has 2 unspecified atom stereocenters. The van der Waals surface area contributed by atoms with E-state index < -0.39 is 10.8 Å². The minimum absolute atomic E-state index is 0.0938. The molecule has 0 aromatic heterocycles. The summed E-state index contributed by atoms with van der Waals surface area (Å²) >= 11 is 0. The van der Waals surface area contributed by atoms with Gasteiger partial charge in [0.15, 0.2) is 0 Å². The zero-order valence-electron chi connectivity index (χ0n) is 12.4. The summed E-state index contributed by atoms with van der Waals surface area (Å²) < 4.78 is 16.5. The van der Waals surface area contributed by atoms with Gasteiger partial charge in [-0.2, -0.15) is 0 Å². The van der Waals surface area contributed by atoms with Crippen LogP contribution in [0.2, 0.25) is 0 Å². The molecule has 0 fully saturated rings. The number of rotatable bonds is 5. The molecule has 0 aliphatic heterocycles. The van der Waals surface area contributed by atoms with Gasteiger partial charge in [-0.1, -0.05) is 11.8 Å². The van der Waals surface area contributed by atoms with Crippen LogP contribution in [0.4, 0.5) is 0 Å². The van der Waals surface area contributed by atoms with E-state index in [-0.39, 0.29) is 17.7 Å². The van der Waals surface area contributed by atoms with Crippen LogP contribution in [0, 0.1) is 11.8 Å². The second kappa shape index (κ2) is 8.45. The number of hydrogen-bond acceptors (Lipinski definition) is 4. The maximum absolute atomic E-state index is 12.1. The first-order valence-electron chi connectivity index (χ1n) is 6.47. The smallest absolute Gasteiger partial charge is 0.251 e. The van der Waals surface area contributed by atoms with Crippen LogP contribution in [-0.2, 0) is 10.8 Å². The first-order chi connectivity index (χ1) is 9.99. The molecular formula is C15H20N2O3S. The van der Waals surface area contributed by atoms with E-state index in [2.05, 4.69) is 17.2 Å². The monoisotopic (exact) mass is 308 g/mol. The number of nitrogens with one attached hydrogen (secondary N) is 1. The lowest BCUT2D eigenvalue weighted by Crippen LogP contribution is -2.32. The molecule has 1 aromatic carbocycles. The van der Waals surface area contributed by atoms with Crippen molar-refractivity contribution in [3.05, 3.63) is 29.3 Å². The number of nitrogens with two attached hydrogens (primary N) is 1. The highest BCUT2D eigenvalue weighted by molar-refractivity contribution is 7.84. The quantitative estimate of drug-likeness (QED) is 0.776. The topological polar surface area (TPSA) is 81.4 Å². The highest BCUT2D eigenvalue weighted by Crippen LogP contribution is 2.18. The Bertz CT molecular complexity index is 590. The second-order valence-corrected chi connectivity index (χ2v) is 6.24. The Kier molecular flexibility index (Phi) is 6.92. The predicted molar refractivity (Wildman–Crippen MR) is 84.8 cm³/mol. The molecular weight excluding hydrogens is 288 g/mol. The number of amides is 1. The predicted octanol–water partition coefficient (Wildman–Crippen LogP) is 0.502. The number of carbonyl (C=O) groups is 1. The first kappa shape index (κ1) is 17.2. The summed E-state index contributed by atoms with van der Waals surface area (Å²) in [5.41, 5.74) is 6.44. The van der Waals surface area contributed by atoms with Gasteiger partial charge in [0.1, 0.15) is 5.75 Å². The van der Waals surface area contributed by atoms with Gasteiger partial charge < -0.3 is 15.8 Å². The second-order valence-electron chi connectivity index (χ2n) is 4.44. The molecule has 0 saturated carbocycles. The van der Waals surface area contributed by atoms with Crippen molar-refractivity contribution >= 4 is 16.7 Å².